The molecule has 0 radical (unpaired) electrons. The zero-order valence-corrected chi connectivity index (χ0v) is 13.5. The lowest BCUT2D eigenvalue weighted by atomic mass is 9.88. The fourth-order valence-electron chi connectivity index (χ4n) is 3.79. The van der Waals surface area contributed by atoms with Crippen molar-refractivity contribution in [3.05, 3.63) is 12.3 Å². The average molecular weight is 308 g/mol. The van der Waals surface area contributed by atoms with E-state index in [1.807, 2.05) is 20.8 Å². The monoisotopic (exact) mass is 308 g/mol. The molecule has 5 heteroatoms. The molecule has 2 saturated carbocycles. The Morgan fingerprint density at radius 1 is 1.41 bits per heavy atom. The van der Waals surface area contributed by atoms with Crippen molar-refractivity contribution in [2.75, 3.05) is 6.61 Å². The van der Waals surface area contributed by atoms with Gasteiger partial charge in [-0.25, -0.2) is 4.79 Å². The van der Waals surface area contributed by atoms with Crippen LogP contribution in [0, 0.1) is 23.2 Å². The first kappa shape index (κ1) is 15.4. The molecule has 122 valence electrons. The lowest BCUT2D eigenvalue weighted by molar-refractivity contribution is -0.165. The molecule has 3 rings (SSSR count). The average Bonchev–Trinajstić information content (AvgIpc) is 3.09. The van der Waals surface area contributed by atoms with Crippen LogP contribution in [0.1, 0.15) is 40.0 Å². The molecule has 0 amide bonds. The number of ether oxygens (including phenoxy) is 3. The van der Waals surface area contributed by atoms with Crippen LogP contribution in [0.4, 0.5) is 0 Å². The lowest BCUT2D eigenvalue weighted by Gasteiger charge is -2.27. The van der Waals surface area contributed by atoms with Gasteiger partial charge in [0, 0.05) is 17.3 Å². The fraction of sp³-hybridized carbons (Fsp3) is 0.765. The topological polar surface area (TPSA) is 61.8 Å². The van der Waals surface area contributed by atoms with Crippen LogP contribution in [0.15, 0.2) is 12.3 Å². The number of fused-ring (bicyclic) bond motifs is 1. The van der Waals surface area contributed by atoms with Gasteiger partial charge in [0.2, 0.25) is 0 Å². The summed E-state index contributed by atoms with van der Waals surface area (Å²) in [5.41, 5.74) is -0.166. The summed E-state index contributed by atoms with van der Waals surface area (Å²) in [7, 11) is 0. The van der Waals surface area contributed by atoms with Crippen molar-refractivity contribution in [2.24, 2.45) is 23.2 Å². The predicted octanol–water partition coefficient (Wildman–Crippen LogP) is 2.45. The van der Waals surface area contributed by atoms with Crippen LogP contribution in [-0.4, -0.2) is 30.8 Å². The summed E-state index contributed by atoms with van der Waals surface area (Å²) >= 11 is 0. The quantitative estimate of drug-likeness (QED) is 0.557. The molecule has 0 aromatic rings. The highest BCUT2D eigenvalue weighted by Crippen LogP contribution is 2.55. The molecule has 2 bridgehead atoms. The second-order valence-corrected chi connectivity index (χ2v) is 7.31. The van der Waals surface area contributed by atoms with Crippen molar-refractivity contribution in [1.82, 2.24) is 0 Å². The van der Waals surface area contributed by atoms with E-state index in [0.717, 1.165) is 19.3 Å². The SMILES string of the molecule is C=C(OCC(=O)OC1C2CC3C(=O)OC1C3C2)C(C)(C)CC. The highest BCUT2D eigenvalue weighted by atomic mass is 16.6. The fourth-order valence-corrected chi connectivity index (χ4v) is 3.79. The molecule has 5 atom stereocenters. The van der Waals surface area contributed by atoms with Crippen LogP contribution in [0.25, 0.3) is 0 Å². The molecule has 3 aliphatic rings. The molecule has 0 spiro atoms. The van der Waals surface area contributed by atoms with Crippen LogP contribution in [-0.2, 0) is 23.8 Å². The number of rotatable bonds is 6. The summed E-state index contributed by atoms with van der Waals surface area (Å²) in [4.78, 5) is 23.7. The normalized spacial score (nSPS) is 35.4. The summed E-state index contributed by atoms with van der Waals surface area (Å²) < 4.78 is 16.4. The van der Waals surface area contributed by atoms with Crippen molar-refractivity contribution in [2.45, 2.75) is 52.2 Å². The zero-order valence-electron chi connectivity index (χ0n) is 13.5. The maximum absolute atomic E-state index is 12.0. The molecule has 0 N–H and O–H groups in total. The third kappa shape index (κ3) is 2.40. The van der Waals surface area contributed by atoms with E-state index in [1.165, 1.54) is 0 Å². The largest absolute Gasteiger partial charge is 0.486 e. The van der Waals surface area contributed by atoms with Crippen LogP contribution in [0.3, 0.4) is 0 Å². The Kier molecular flexibility index (Phi) is 3.69. The first-order chi connectivity index (χ1) is 10.3. The van der Waals surface area contributed by atoms with Crippen LogP contribution in [0.2, 0.25) is 0 Å². The van der Waals surface area contributed by atoms with E-state index in [-0.39, 0.29) is 48.0 Å². The summed E-state index contributed by atoms with van der Waals surface area (Å²) in [6.45, 7) is 9.84. The minimum atomic E-state index is -0.412. The third-order valence-corrected chi connectivity index (χ3v) is 5.68. The summed E-state index contributed by atoms with van der Waals surface area (Å²) in [6, 6.07) is 0. The summed E-state index contributed by atoms with van der Waals surface area (Å²) in [6.07, 6.45) is 2.06. The Hall–Kier alpha value is -1.52. The van der Waals surface area contributed by atoms with Gasteiger partial charge in [0.25, 0.3) is 0 Å². The Balaban J connectivity index is 1.51. The lowest BCUT2D eigenvalue weighted by Crippen LogP contribution is -2.37. The Morgan fingerprint density at radius 2 is 2.14 bits per heavy atom. The minimum absolute atomic E-state index is 0.0336. The molecule has 0 aromatic carbocycles. The molecule has 1 heterocycles. The molecule has 22 heavy (non-hydrogen) atoms. The van der Waals surface area contributed by atoms with Gasteiger partial charge in [0.05, 0.1) is 11.7 Å². The number of allylic oxidation sites excluding steroid dienone is 1. The molecule has 1 aliphatic heterocycles. The predicted molar refractivity (Wildman–Crippen MR) is 78.6 cm³/mol. The minimum Gasteiger partial charge on any atom is -0.486 e. The second-order valence-electron chi connectivity index (χ2n) is 7.31. The highest BCUT2D eigenvalue weighted by molar-refractivity contribution is 5.77. The van der Waals surface area contributed by atoms with Crippen molar-refractivity contribution < 1.29 is 23.8 Å². The molecule has 2 aliphatic carbocycles. The molecule has 1 saturated heterocycles. The van der Waals surface area contributed by atoms with E-state index in [1.54, 1.807) is 0 Å². The maximum atomic E-state index is 12.0. The van der Waals surface area contributed by atoms with Gasteiger partial charge in [0.1, 0.15) is 12.2 Å². The van der Waals surface area contributed by atoms with Gasteiger partial charge in [-0.3, -0.25) is 4.79 Å². The molecule has 5 nitrogen and oxygen atoms in total. The van der Waals surface area contributed by atoms with Crippen molar-refractivity contribution in [3.63, 3.8) is 0 Å². The number of hydrogen-bond acceptors (Lipinski definition) is 5. The van der Waals surface area contributed by atoms with E-state index in [2.05, 4.69) is 6.58 Å². The van der Waals surface area contributed by atoms with E-state index >= 15 is 0 Å². The van der Waals surface area contributed by atoms with Crippen molar-refractivity contribution >= 4 is 11.9 Å². The van der Waals surface area contributed by atoms with Gasteiger partial charge < -0.3 is 14.2 Å². The molecule has 3 fully saturated rings. The third-order valence-electron chi connectivity index (χ3n) is 5.68. The Labute approximate surface area is 131 Å². The number of carbonyl (C=O) groups is 2. The first-order valence-electron chi connectivity index (χ1n) is 8.05. The van der Waals surface area contributed by atoms with E-state index < -0.39 is 5.97 Å². The second kappa shape index (κ2) is 5.28. The number of carbonyl (C=O) groups excluding carboxylic acids is 2. The molecular formula is C17H24O5. The van der Waals surface area contributed by atoms with Crippen LogP contribution in [0.5, 0.6) is 0 Å². The molecular weight excluding hydrogens is 284 g/mol. The Bertz CT molecular complexity index is 509. The maximum Gasteiger partial charge on any atom is 0.344 e. The van der Waals surface area contributed by atoms with Crippen molar-refractivity contribution in [3.8, 4) is 0 Å². The van der Waals surface area contributed by atoms with E-state index in [4.69, 9.17) is 14.2 Å². The van der Waals surface area contributed by atoms with Crippen LogP contribution < -0.4 is 0 Å². The smallest absolute Gasteiger partial charge is 0.344 e. The van der Waals surface area contributed by atoms with Crippen molar-refractivity contribution in [1.29, 1.82) is 0 Å². The van der Waals surface area contributed by atoms with Gasteiger partial charge in [-0.05, 0) is 19.3 Å². The van der Waals surface area contributed by atoms with E-state index in [0.29, 0.717) is 5.76 Å². The highest BCUT2D eigenvalue weighted by Gasteiger charge is 2.63. The first-order valence-corrected chi connectivity index (χ1v) is 8.05. The molecule has 5 unspecified atom stereocenters. The van der Waals surface area contributed by atoms with Gasteiger partial charge >= 0.3 is 11.9 Å². The number of esters is 2. The van der Waals surface area contributed by atoms with Crippen LogP contribution >= 0.6 is 0 Å². The summed E-state index contributed by atoms with van der Waals surface area (Å²) in [5, 5.41) is 0. The van der Waals surface area contributed by atoms with E-state index in [9.17, 15) is 9.59 Å². The summed E-state index contributed by atoms with van der Waals surface area (Å²) in [5.74, 6) is 0.588. The Morgan fingerprint density at radius 3 is 2.82 bits per heavy atom. The number of hydrogen-bond donors (Lipinski definition) is 0. The zero-order chi connectivity index (χ0) is 16.1. The van der Waals surface area contributed by atoms with Gasteiger partial charge in [-0.1, -0.05) is 27.4 Å². The van der Waals surface area contributed by atoms with Gasteiger partial charge in [0.15, 0.2) is 6.61 Å². The molecule has 0 aromatic heterocycles. The standard InChI is InChI=1S/C17H24O5/c1-5-17(3,4)9(2)20-8-13(18)21-14-10-6-11-12(7-10)16(19)22-15(11)14/h10-12,14-15H,2,5-8H2,1,3-4H3. The van der Waals surface area contributed by atoms with Gasteiger partial charge in [-0.2, -0.15) is 0 Å². The van der Waals surface area contributed by atoms with Gasteiger partial charge in [-0.15, -0.1) is 0 Å².